The first-order chi connectivity index (χ1) is 7.73. The summed E-state index contributed by atoms with van der Waals surface area (Å²) < 4.78 is 42.9. The molecule has 4 nitrogen and oxygen atoms in total. The Morgan fingerprint density at radius 1 is 1.41 bits per heavy atom. The predicted molar refractivity (Wildman–Crippen MR) is 52.6 cm³/mol. The van der Waals surface area contributed by atoms with Gasteiger partial charge in [-0.3, -0.25) is 0 Å². The summed E-state index contributed by atoms with van der Waals surface area (Å²) in [6, 6.07) is 4.57. The van der Waals surface area contributed by atoms with Crippen LogP contribution < -0.4 is 10.5 Å². The van der Waals surface area contributed by atoms with Crippen molar-refractivity contribution in [2.45, 2.75) is 11.7 Å². The molecule has 0 aliphatic heterocycles. The van der Waals surface area contributed by atoms with Gasteiger partial charge in [0.15, 0.2) is 0 Å². The Hall–Kier alpha value is -1.76. The van der Waals surface area contributed by atoms with E-state index < -0.39 is 23.2 Å². The number of hydrogen-bond acceptors (Lipinski definition) is 3. The Kier molecular flexibility index (Phi) is 3.33. The van der Waals surface area contributed by atoms with E-state index in [1.807, 2.05) is 0 Å². The minimum absolute atomic E-state index is 0.0998. The van der Waals surface area contributed by atoms with Crippen molar-refractivity contribution in [2.24, 2.45) is 5.73 Å². The molecule has 0 spiro atoms. The van der Waals surface area contributed by atoms with Gasteiger partial charge in [0, 0.05) is 0 Å². The van der Waals surface area contributed by atoms with Crippen LogP contribution in [0, 0.1) is 0 Å². The van der Waals surface area contributed by atoms with Crippen LogP contribution in [0.1, 0.15) is 5.56 Å². The number of aliphatic carboxylic acids is 1. The van der Waals surface area contributed by atoms with Crippen LogP contribution in [0.15, 0.2) is 24.3 Å². The fourth-order valence-electron chi connectivity index (χ4n) is 1.28. The monoisotopic (exact) mass is 249 g/mol. The number of benzene rings is 1. The number of methoxy groups -OCH3 is 1. The number of carboxylic acid groups (broad SMARTS) is 1. The number of halogens is 3. The average Bonchev–Trinajstić information content (AvgIpc) is 2.26. The van der Waals surface area contributed by atoms with Gasteiger partial charge in [0.05, 0.1) is 7.11 Å². The lowest BCUT2D eigenvalue weighted by Crippen LogP contribution is -2.56. The molecule has 3 N–H and O–H groups in total. The Bertz CT molecular complexity index is 433. The Balaban J connectivity index is 3.38. The number of hydrogen-bond donors (Lipinski definition) is 2. The Morgan fingerprint density at radius 2 is 2.00 bits per heavy atom. The van der Waals surface area contributed by atoms with Crippen molar-refractivity contribution in [1.82, 2.24) is 0 Å². The second-order valence-electron chi connectivity index (χ2n) is 3.34. The van der Waals surface area contributed by atoms with Gasteiger partial charge in [0.1, 0.15) is 5.75 Å². The average molecular weight is 249 g/mol. The van der Waals surface area contributed by atoms with Crippen molar-refractivity contribution in [3.63, 3.8) is 0 Å². The largest absolute Gasteiger partial charge is 0.497 e. The molecule has 94 valence electrons. The van der Waals surface area contributed by atoms with Gasteiger partial charge in [-0.15, -0.1) is 0 Å². The highest BCUT2D eigenvalue weighted by molar-refractivity contribution is 5.81. The molecule has 0 heterocycles. The van der Waals surface area contributed by atoms with Crippen LogP contribution in [-0.2, 0) is 10.3 Å². The van der Waals surface area contributed by atoms with Crippen molar-refractivity contribution in [3.8, 4) is 5.75 Å². The standard InChI is InChI=1S/C10H10F3NO3/c1-17-7-4-2-3-6(5-7)9(14,8(15)16)10(11,12)13/h2-5H,14H2,1H3,(H,15,16). The first kappa shape index (κ1) is 13.3. The van der Waals surface area contributed by atoms with Crippen molar-refractivity contribution in [3.05, 3.63) is 29.8 Å². The second-order valence-corrected chi connectivity index (χ2v) is 3.34. The van der Waals surface area contributed by atoms with E-state index in [0.29, 0.717) is 0 Å². The first-order valence-electron chi connectivity index (χ1n) is 4.47. The zero-order valence-electron chi connectivity index (χ0n) is 8.78. The number of alkyl halides is 3. The molecule has 0 aromatic heterocycles. The number of carbonyl (C=O) groups is 1. The maximum Gasteiger partial charge on any atom is 0.421 e. The molecule has 1 atom stereocenters. The number of rotatable bonds is 3. The maximum atomic E-state index is 12.7. The van der Waals surface area contributed by atoms with Gasteiger partial charge in [0.2, 0.25) is 5.54 Å². The molecule has 17 heavy (non-hydrogen) atoms. The van der Waals surface area contributed by atoms with E-state index in [1.165, 1.54) is 19.2 Å². The van der Waals surface area contributed by atoms with Gasteiger partial charge in [0.25, 0.3) is 0 Å². The summed E-state index contributed by atoms with van der Waals surface area (Å²) >= 11 is 0. The zero-order chi connectivity index (χ0) is 13.3. The predicted octanol–water partition coefficient (Wildman–Crippen LogP) is 1.50. The third kappa shape index (κ3) is 2.19. The fraction of sp³-hybridized carbons (Fsp3) is 0.300. The number of carboxylic acids is 1. The lowest BCUT2D eigenvalue weighted by atomic mass is 9.90. The van der Waals surface area contributed by atoms with Crippen molar-refractivity contribution < 1.29 is 27.8 Å². The van der Waals surface area contributed by atoms with E-state index in [4.69, 9.17) is 15.6 Å². The van der Waals surface area contributed by atoms with Crippen molar-refractivity contribution in [1.29, 1.82) is 0 Å². The van der Waals surface area contributed by atoms with Crippen LogP contribution in [0.5, 0.6) is 5.75 Å². The summed E-state index contributed by atoms with van der Waals surface area (Å²) in [4.78, 5) is 10.8. The quantitative estimate of drug-likeness (QED) is 0.851. The first-order valence-corrected chi connectivity index (χ1v) is 4.47. The lowest BCUT2D eigenvalue weighted by molar-refractivity contribution is -0.204. The topological polar surface area (TPSA) is 72.5 Å². The molecule has 0 fully saturated rings. The summed E-state index contributed by atoms with van der Waals surface area (Å²) in [5, 5.41) is 8.70. The van der Waals surface area contributed by atoms with Crippen LogP contribution in [0.3, 0.4) is 0 Å². The summed E-state index contributed by atoms with van der Waals surface area (Å²) in [7, 11) is 1.26. The van der Waals surface area contributed by atoms with Crippen LogP contribution in [0.4, 0.5) is 13.2 Å². The van der Waals surface area contributed by atoms with Gasteiger partial charge in [-0.2, -0.15) is 13.2 Å². The van der Waals surface area contributed by atoms with Crippen molar-refractivity contribution in [2.75, 3.05) is 7.11 Å². The summed E-state index contributed by atoms with van der Waals surface area (Å²) in [5.74, 6) is -2.07. The van der Waals surface area contributed by atoms with Gasteiger partial charge < -0.3 is 15.6 Å². The minimum atomic E-state index is -5.11. The van der Waals surface area contributed by atoms with Crippen LogP contribution in [0.25, 0.3) is 0 Å². The third-order valence-corrected chi connectivity index (χ3v) is 2.31. The molecular formula is C10H10F3NO3. The fourth-order valence-corrected chi connectivity index (χ4v) is 1.28. The highest BCUT2D eigenvalue weighted by Gasteiger charge is 2.59. The maximum absolute atomic E-state index is 12.7. The number of ether oxygens (including phenoxy) is 1. The van der Waals surface area contributed by atoms with Crippen LogP contribution in [-0.4, -0.2) is 24.4 Å². The highest BCUT2D eigenvalue weighted by atomic mass is 19.4. The highest BCUT2D eigenvalue weighted by Crippen LogP contribution is 2.38. The molecule has 0 aliphatic rings. The summed E-state index contributed by atoms with van der Waals surface area (Å²) in [5.41, 5.74) is 0.954. The van der Waals surface area contributed by atoms with Gasteiger partial charge in [-0.25, -0.2) is 4.79 Å². The van der Waals surface area contributed by atoms with Gasteiger partial charge >= 0.3 is 12.1 Å². The molecule has 1 unspecified atom stereocenters. The molecule has 1 aromatic carbocycles. The molecule has 1 aromatic rings. The van der Waals surface area contributed by atoms with Gasteiger partial charge in [-0.1, -0.05) is 12.1 Å². The second kappa shape index (κ2) is 4.25. The molecular weight excluding hydrogens is 239 g/mol. The van der Waals surface area contributed by atoms with E-state index in [1.54, 1.807) is 0 Å². The van der Waals surface area contributed by atoms with E-state index in [9.17, 15) is 18.0 Å². The van der Waals surface area contributed by atoms with Crippen LogP contribution >= 0.6 is 0 Å². The molecule has 7 heteroatoms. The molecule has 0 amide bonds. The van der Waals surface area contributed by atoms with Crippen molar-refractivity contribution >= 4 is 5.97 Å². The van der Waals surface area contributed by atoms with E-state index in [-0.39, 0.29) is 5.75 Å². The smallest absolute Gasteiger partial charge is 0.421 e. The lowest BCUT2D eigenvalue weighted by Gasteiger charge is -2.27. The van der Waals surface area contributed by atoms with E-state index in [0.717, 1.165) is 12.1 Å². The molecule has 1 rings (SSSR count). The minimum Gasteiger partial charge on any atom is -0.497 e. The third-order valence-electron chi connectivity index (χ3n) is 2.31. The summed E-state index contributed by atoms with van der Waals surface area (Å²) in [6.07, 6.45) is -5.11. The molecule has 0 aliphatic carbocycles. The van der Waals surface area contributed by atoms with E-state index >= 15 is 0 Å². The Morgan fingerprint density at radius 3 is 2.41 bits per heavy atom. The summed E-state index contributed by atoms with van der Waals surface area (Å²) in [6.45, 7) is 0. The molecule has 0 saturated carbocycles. The Labute approximate surface area is 94.8 Å². The molecule has 0 bridgehead atoms. The van der Waals surface area contributed by atoms with E-state index in [2.05, 4.69) is 0 Å². The zero-order valence-corrected chi connectivity index (χ0v) is 8.78. The number of nitrogens with two attached hydrogens (primary N) is 1. The molecule has 0 radical (unpaired) electrons. The molecule has 0 saturated heterocycles. The van der Waals surface area contributed by atoms with Crippen LogP contribution in [0.2, 0.25) is 0 Å². The normalized spacial score (nSPS) is 15.1. The van der Waals surface area contributed by atoms with Gasteiger partial charge in [-0.05, 0) is 17.7 Å². The SMILES string of the molecule is COc1cccc(C(N)(C(=O)O)C(F)(F)F)c1.